The topological polar surface area (TPSA) is 72.2 Å². The van der Waals surface area contributed by atoms with Crippen LogP contribution >= 0.6 is 11.6 Å². The summed E-state index contributed by atoms with van der Waals surface area (Å²) in [6.45, 7) is 1.42. The van der Waals surface area contributed by atoms with Crippen molar-refractivity contribution in [3.05, 3.63) is 58.6 Å². The van der Waals surface area contributed by atoms with E-state index in [1.54, 1.807) is 42.5 Å². The van der Waals surface area contributed by atoms with Crippen LogP contribution in [-0.4, -0.2) is 11.7 Å². The lowest BCUT2D eigenvalue weighted by atomic mass is 10.0. The van der Waals surface area contributed by atoms with Crippen LogP contribution in [0.2, 0.25) is 5.02 Å². The first-order valence-electron chi connectivity index (χ1n) is 5.95. The Hall–Kier alpha value is -2.33. The molecule has 0 aliphatic heterocycles. The second-order valence-electron chi connectivity index (χ2n) is 4.29. The maximum Gasteiger partial charge on any atom is 0.221 e. The summed E-state index contributed by atoms with van der Waals surface area (Å²) in [4.78, 5) is 23.3. The van der Waals surface area contributed by atoms with E-state index in [0.29, 0.717) is 21.8 Å². The predicted molar refractivity (Wildman–Crippen MR) is 80.0 cm³/mol. The fourth-order valence-corrected chi connectivity index (χ4v) is 1.97. The van der Waals surface area contributed by atoms with Crippen molar-refractivity contribution in [3.8, 4) is 0 Å². The van der Waals surface area contributed by atoms with Crippen molar-refractivity contribution >= 4 is 34.7 Å². The van der Waals surface area contributed by atoms with Crippen molar-refractivity contribution in [2.24, 2.45) is 0 Å². The SMILES string of the molecule is CC(=O)Nc1ccc(C(=O)c2cccc(Cl)c2N)cc1. The average Bonchev–Trinajstić information content (AvgIpc) is 2.41. The smallest absolute Gasteiger partial charge is 0.221 e. The maximum atomic E-state index is 12.3. The van der Waals surface area contributed by atoms with Gasteiger partial charge < -0.3 is 11.1 Å². The number of amides is 1. The summed E-state index contributed by atoms with van der Waals surface area (Å²) in [6, 6.07) is 11.5. The summed E-state index contributed by atoms with van der Waals surface area (Å²) < 4.78 is 0. The van der Waals surface area contributed by atoms with Crippen LogP contribution in [0.15, 0.2) is 42.5 Å². The molecule has 0 spiro atoms. The Bertz CT molecular complexity index is 666. The summed E-state index contributed by atoms with van der Waals surface area (Å²) in [5.41, 5.74) is 7.55. The summed E-state index contributed by atoms with van der Waals surface area (Å²) in [5.74, 6) is -0.373. The Labute approximate surface area is 121 Å². The van der Waals surface area contributed by atoms with Gasteiger partial charge in [0.1, 0.15) is 0 Å². The molecule has 102 valence electrons. The average molecular weight is 289 g/mol. The molecule has 2 rings (SSSR count). The van der Waals surface area contributed by atoms with Gasteiger partial charge in [0.05, 0.1) is 10.7 Å². The number of nitrogens with one attached hydrogen (secondary N) is 1. The number of rotatable bonds is 3. The van der Waals surface area contributed by atoms with Gasteiger partial charge in [0.2, 0.25) is 5.91 Å². The molecule has 0 bridgehead atoms. The van der Waals surface area contributed by atoms with Gasteiger partial charge in [0.25, 0.3) is 0 Å². The molecule has 2 aromatic rings. The Morgan fingerprint density at radius 1 is 1.10 bits per heavy atom. The normalized spacial score (nSPS) is 10.1. The van der Waals surface area contributed by atoms with E-state index < -0.39 is 0 Å². The third kappa shape index (κ3) is 2.97. The first-order valence-corrected chi connectivity index (χ1v) is 6.33. The van der Waals surface area contributed by atoms with Crippen LogP contribution in [0.25, 0.3) is 0 Å². The van der Waals surface area contributed by atoms with Crippen LogP contribution in [0.3, 0.4) is 0 Å². The monoisotopic (exact) mass is 288 g/mol. The number of nitrogens with two attached hydrogens (primary N) is 1. The van der Waals surface area contributed by atoms with Crippen molar-refractivity contribution in [3.63, 3.8) is 0 Å². The van der Waals surface area contributed by atoms with Gasteiger partial charge in [0.15, 0.2) is 5.78 Å². The van der Waals surface area contributed by atoms with Gasteiger partial charge in [-0.05, 0) is 36.4 Å². The van der Waals surface area contributed by atoms with Gasteiger partial charge in [-0.2, -0.15) is 0 Å². The van der Waals surface area contributed by atoms with E-state index in [0.717, 1.165) is 0 Å². The van der Waals surface area contributed by atoms with Crippen LogP contribution in [0.4, 0.5) is 11.4 Å². The summed E-state index contributed by atoms with van der Waals surface area (Å²) in [6.07, 6.45) is 0. The number of halogens is 1. The zero-order chi connectivity index (χ0) is 14.7. The minimum Gasteiger partial charge on any atom is -0.397 e. The highest BCUT2D eigenvalue weighted by Gasteiger charge is 2.13. The second kappa shape index (κ2) is 5.75. The van der Waals surface area contributed by atoms with E-state index in [-0.39, 0.29) is 17.4 Å². The number of anilines is 2. The van der Waals surface area contributed by atoms with E-state index in [1.165, 1.54) is 6.92 Å². The van der Waals surface area contributed by atoms with E-state index in [1.807, 2.05) is 0 Å². The molecule has 20 heavy (non-hydrogen) atoms. The summed E-state index contributed by atoms with van der Waals surface area (Å²) in [7, 11) is 0. The molecule has 0 atom stereocenters. The first kappa shape index (κ1) is 14.1. The number of hydrogen-bond donors (Lipinski definition) is 2. The molecule has 0 saturated carbocycles. The largest absolute Gasteiger partial charge is 0.397 e. The maximum absolute atomic E-state index is 12.3. The number of nitrogen functional groups attached to an aromatic ring is 1. The molecule has 2 aromatic carbocycles. The lowest BCUT2D eigenvalue weighted by Gasteiger charge is -2.07. The summed E-state index contributed by atoms with van der Waals surface area (Å²) in [5, 5.41) is 2.99. The molecule has 1 amide bonds. The Balaban J connectivity index is 2.29. The molecule has 0 aliphatic carbocycles. The van der Waals surface area contributed by atoms with Gasteiger partial charge in [-0.25, -0.2) is 0 Å². The second-order valence-corrected chi connectivity index (χ2v) is 4.70. The van der Waals surface area contributed by atoms with Gasteiger partial charge in [-0.3, -0.25) is 9.59 Å². The molecular weight excluding hydrogens is 276 g/mol. The number of carbonyl (C=O) groups is 2. The molecule has 0 fully saturated rings. The molecule has 0 heterocycles. The molecule has 0 unspecified atom stereocenters. The van der Waals surface area contributed by atoms with Crippen molar-refractivity contribution in [2.45, 2.75) is 6.92 Å². The van der Waals surface area contributed by atoms with E-state index in [4.69, 9.17) is 17.3 Å². The minimum absolute atomic E-state index is 0.164. The van der Waals surface area contributed by atoms with E-state index >= 15 is 0 Å². The third-order valence-electron chi connectivity index (χ3n) is 2.77. The number of hydrogen-bond acceptors (Lipinski definition) is 3. The van der Waals surface area contributed by atoms with Gasteiger partial charge in [-0.15, -0.1) is 0 Å². The van der Waals surface area contributed by atoms with Gasteiger partial charge in [-0.1, -0.05) is 17.7 Å². The number of benzene rings is 2. The zero-order valence-electron chi connectivity index (χ0n) is 10.8. The molecule has 5 heteroatoms. The Morgan fingerprint density at radius 3 is 2.35 bits per heavy atom. The third-order valence-corrected chi connectivity index (χ3v) is 3.09. The van der Waals surface area contributed by atoms with Crippen molar-refractivity contribution < 1.29 is 9.59 Å². The van der Waals surface area contributed by atoms with Crippen LogP contribution in [0.5, 0.6) is 0 Å². The van der Waals surface area contributed by atoms with E-state index in [2.05, 4.69) is 5.32 Å². The van der Waals surface area contributed by atoms with Crippen LogP contribution in [0, 0.1) is 0 Å². The lowest BCUT2D eigenvalue weighted by molar-refractivity contribution is -0.114. The Morgan fingerprint density at radius 2 is 1.75 bits per heavy atom. The van der Waals surface area contributed by atoms with E-state index in [9.17, 15) is 9.59 Å². The highest BCUT2D eigenvalue weighted by Crippen LogP contribution is 2.25. The molecule has 4 nitrogen and oxygen atoms in total. The highest BCUT2D eigenvalue weighted by atomic mass is 35.5. The quantitative estimate of drug-likeness (QED) is 0.673. The number of ketones is 1. The summed E-state index contributed by atoms with van der Waals surface area (Å²) >= 11 is 5.90. The molecule has 0 saturated heterocycles. The van der Waals surface area contributed by atoms with Crippen molar-refractivity contribution in [1.29, 1.82) is 0 Å². The first-order chi connectivity index (χ1) is 9.49. The Kier molecular flexibility index (Phi) is 4.05. The number of para-hydroxylation sites is 1. The lowest BCUT2D eigenvalue weighted by Crippen LogP contribution is -2.08. The molecule has 3 N–H and O–H groups in total. The highest BCUT2D eigenvalue weighted by molar-refractivity contribution is 6.34. The molecule has 0 aliphatic rings. The van der Waals surface area contributed by atoms with Gasteiger partial charge in [0, 0.05) is 23.7 Å². The minimum atomic E-state index is -0.209. The fourth-order valence-electron chi connectivity index (χ4n) is 1.80. The van der Waals surface area contributed by atoms with Crippen LogP contribution < -0.4 is 11.1 Å². The molecule has 0 radical (unpaired) electrons. The van der Waals surface area contributed by atoms with Crippen molar-refractivity contribution in [2.75, 3.05) is 11.1 Å². The fraction of sp³-hybridized carbons (Fsp3) is 0.0667. The van der Waals surface area contributed by atoms with Crippen molar-refractivity contribution in [1.82, 2.24) is 0 Å². The molecule has 0 aromatic heterocycles. The number of carbonyl (C=O) groups excluding carboxylic acids is 2. The van der Waals surface area contributed by atoms with Crippen LogP contribution in [-0.2, 0) is 4.79 Å². The zero-order valence-corrected chi connectivity index (χ0v) is 11.6. The predicted octanol–water partition coefficient (Wildman–Crippen LogP) is 3.11. The standard InChI is InChI=1S/C15H13ClN2O2/c1-9(19)18-11-7-5-10(6-8-11)15(20)12-3-2-4-13(16)14(12)17/h2-8H,17H2,1H3,(H,18,19). The van der Waals surface area contributed by atoms with Crippen LogP contribution in [0.1, 0.15) is 22.8 Å². The van der Waals surface area contributed by atoms with Gasteiger partial charge >= 0.3 is 0 Å². The molecular formula is C15H13ClN2O2.